The van der Waals surface area contributed by atoms with Crippen LogP contribution in [0.4, 0.5) is 10.1 Å². The lowest BCUT2D eigenvalue weighted by Gasteiger charge is -2.15. The average molecular weight is 495 g/mol. The van der Waals surface area contributed by atoms with Crippen molar-refractivity contribution >= 4 is 33.2 Å². The number of halogens is 3. The van der Waals surface area contributed by atoms with Crippen molar-refractivity contribution < 1.29 is 23.3 Å². The minimum absolute atomic E-state index is 0.0108. The van der Waals surface area contributed by atoms with E-state index in [0.717, 1.165) is 21.5 Å². The van der Waals surface area contributed by atoms with Crippen LogP contribution in [0.1, 0.15) is 11.1 Å². The fourth-order valence-electron chi connectivity index (χ4n) is 3.01. The van der Waals surface area contributed by atoms with E-state index in [-0.39, 0.29) is 13.4 Å². The average Bonchev–Trinajstić information content (AvgIpc) is 3.20. The van der Waals surface area contributed by atoms with Gasteiger partial charge in [0, 0.05) is 28.3 Å². The number of fused-ring (bicyclic) bond motifs is 1. The lowest BCUT2D eigenvalue weighted by atomic mass is 10.2. The Balaban J connectivity index is 1.48. The number of anilines is 1. The van der Waals surface area contributed by atoms with E-state index in [0.29, 0.717) is 34.4 Å². The minimum Gasteiger partial charge on any atom is -0.493 e. The summed E-state index contributed by atoms with van der Waals surface area (Å²) in [6, 6.07) is 13.9. The maximum absolute atomic E-state index is 14.0. The zero-order valence-electron chi connectivity index (χ0n) is 16.0. The molecule has 3 aromatic rings. The molecule has 0 radical (unpaired) electrons. The zero-order valence-corrected chi connectivity index (χ0v) is 18.3. The first kappa shape index (κ1) is 20.6. The molecule has 30 heavy (non-hydrogen) atoms. The monoisotopic (exact) mass is 493 g/mol. The fourth-order valence-corrected chi connectivity index (χ4v) is 3.69. The highest BCUT2D eigenvalue weighted by Gasteiger charge is 2.15. The van der Waals surface area contributed by atoms with Crippen LogP contribution in [-0.4, -0.2) is 13.9 Å². The lowest BCUT2D eigenvalue weighted by molar-refractivity contribution is 0.174. The molecule has 3 aromatic carbocycles. The van der Waals surface area contributed by atoms with E-state index < -0.39 is 5.82 Å². The van der Waals surface area contributed by atoms with Gasteiger partial charge in [-0.25, -0.2) is 4.39 Å². The van der Waals surface area contributed by atoms with Crippen LogP contribution in [0.5, 0.6) is 23.0 Å². The summed E-state index contributed by atoms with van der Waals surface area (Å²) < 4.78 is 36.8. The Kier molecular flexibility index (Phi) is 6.20. The highest BCUT2D eigenvalue weighted by molar-refractivity contribution is 9.10. The van der Waals surface area contributed by atoms with Gasteiger partial charge in [0.25, 0.3) is 0 Å². The first-order chi connectivity index (χ1) is 14.5. The molecular weight excluding hydrogens is 477 g/mol. The second-order valence-electron chi connectivity index (χ2n) is 6.50. The quantitative estimate of drug-likeness (QED) is 0.426. The van der Waals surface area contributed by atoms with Gasteiger partial charge >= 0.3 is 0 Å². The Morgan fingerprint density at radius 3 is 2.73 bits per heavy atom. The Labute approximate surface area is 186 Å². The van der Waals surface area contributed by atoms with Crippen LogP contribution in [0.25, 0.3) is 0 Å². The molecule has 0 fully saturated rings. The Morgan fingerprint density at radius 2 is 1.93 bits per heavy atom. The molecule has 0 saturated heterocycles. The van der Waals surface area contributed by atoms with Gasteiger partial charge in [0.15, 0.2) is 23.0 Å². The predicted octanol–water partition coefficient (Wildman–Crippen LogP) is 6.17. The zero-order chi connectivity index (χ0) is 21.1. The second-order valence-corrected chi connectivity index (χ2v) is 7.77. The van der Waals surface area contributed by atoms with Crippen molar-refractivity contribution in [2.24, 2.45) is 0 Å². The Morgan fingerprint density at radius 1 is 1.10 bits per heavy atom. The highest BCUT2D eigenvalue weighted by Crippen LogP contribution is 2.37. The van der Waals surface area contributed by atoms with Crippen LogP contribution >= 0.6 is 27.5 Å². The van der Waals surface area contributed by atoms with E-state index in [2.05, 4.69) is 21.2 Å². The summed E-state index contributed by atoms with van der Waals surface area (Å²) in [5, 5.41) is 3.66. The molecular formula is C22H18BrClFNO4. The summed E-state index contributed by atoms with van der Waals surface area (Å²) in [6.45, 7) is 0.764. The predicted molar refractivity (Wildman–Crippen MR) is 116 cm³/mol. The van der Waals surface area contributed by atoms with Crippen LogP contribution in [0.3, 0.4) is 0 Å². The number of methoxy groups -OCH3 is 1. The fraction of sp³-hybridized carbons (Fsp3) is 0.182. The van der Waals surface area contributed by atoms with Gasteiger partial charge in [-0.2, -0.15) is 0 Å². The van der Waals surface area contributed by atoms with Crippen molar-refractivity contribution in [1.82, 2.24) is 0 Å². The standard InChI is InChI=1S/C22H18BrClFNO4/c1-27-20-7-13(10-26-14-5-6-19-21(8-14)30-12-29-19)16(23)9-22(20)28-11-15-17(24)3-2-4-18(15)25/h2-9,26H,10-12H2,1H3. The third-order valence-electron chi connectivity index (χ3n) is 4.62. The van der Waals surface area contributed by atoms with Crippen LogP contribution in [0, 0.1) is 5.82 Å². The summed E-state index contributed by atoms with van der Waals surface area (Å²) in [6.07, 6.45) is 0. The Hall–Kier alpha value is -2.64. The molecule has 0 bridgehead atoms. The van der Waals surface area contributed by atoms with Gasteiger partial charge in [0.1, 0.15) is 12.4 Å². The van der Waals surface area contributed by atoms with Crippen molar-refractivity contribution in [3.8, 4) is 23.0 Å². The molecule has 0 spiro atoms. The van der Waals surface area contributed by atoms with E-state index in [9.17, 15) is 4.39 Å². The molecule has 4 rings (SSSR count). The molecule has 1 aliphatic heterocycles. The van der Waals surface area contributed by atoms with Crippen LogP contribution in [-0.2, 0) is 13.2 Å². The van der Waals surface area contributed by atoms with Crippen molar-refractivity contribution in [3.63, 3.8) is 0 Å². The number of hydrogen-bond acceptors (Lipinski definition) is 5. The molecule has 1 heterocycles. The van der Waals surface area contributed by atoms with Crippen molar-refractivity contribution in [2.45, 2.75) is 13.2 Å². The Bertz CT molecular complexity index is 1060. The summed E-state index contributed by atoms with van der Waals surface area (Å²) in [5.74, 6) is 2.06. The molecule has 0 amide bonds. The van der Waals surface area contributed by atoms with Gasteiger partial charge in [0.05, 0.1) is 12.1 Å². The number of ether oxygens (including phenoxy) is 4. The smallest absolute Gasteiger partial charge is 0.231 e. The highest BCUT2D eigenvalue weighted by atomic mass is 79.9. The third-order valence-corrected chi connectivity index (χ3v) is 5.71. The van der Waals surface area contributed by atoms with E-state index in [1.165, 1.54) is 6.07 Å². The molecule has 0 unspecified atom stereocenters. The van der Waals surface area contributed by atoms with Crippen LogP contribution in [0.15, 0.2) is 53.0 Å². The molecule has 1 aliphatic rings. The SMILES string of the molecule is COc1cc(CNc2ccc3c(c2)OCO3)c(Br)cc1OCc1c(F)cccc1Cl. The van der Waals surface area contributed by atoms with Crippen molar-refractivity contribution in [3.05, 3.63) is 75.0 Å². The largest absolute Gasteiger partial charge is 0.493 e. The van der Waals surface area contributed by atoms with Crippen molar-refractivity contribution in [2.75, 3.05) is 19.2 Å². The summed E-state index contributed by atoms with van der Waals surface area (Å²) in [5.41, 5.74) is 2.16. The molecule has 0 aromatic heterocycles. The molecule has 156 valence electrons. The molecule has 1 N–H and O–H groups in total. The van der Waals surface area contributed by atoms with Gasteiger partial charge < -0.3 is 24.3 Å². The van der Waals surface area contributed by atoms with E-state index in [1.807, 2.05) is 24.3 Å². The molecule has 0 atom stereocenters. The van der Waals surface area contributed by atoms with Gasteiger partial charge in [0.2, 0.25) is 6.79 Å². The number of benzene rings is 3. The summed E-state index contributed by atoms with van der Waals surface area (Å²) in [4.78, 5) is 0. The first-order valence-corrected chi connectivity index (χ1v) is 10.3. The van der Waals surface area contributed by atoms with E-state index >= 15 is 0 Å². The topological polar surface area (TPSA) is 49.0 Å². The molecule has 0 aliphatic carbocycles. The summed E-state index contributed by atoms with van der Waals surface area (Å²) in [7, 11) is 1.56. The maximum Gasteiger partial charge on any atom is 0.231 e. The van der Waals surface area contributed by atoms with Gasteiger partial charge in [-0.3, -0.25) is 0 Å². The first-order valence-electron chi connectivity index (χ1n) is 9.11. The van der Waals surface area contributed by atoms with Gasteiger partial charge in [-0.1, -0.05) is 33.6 Å². The number of hydrogen-bond donors (Lipinski definition) is 1. The van der Waals surface area contributed by atoms with Crippen LogP contribution in [0.2, 0.25) is 5.02 Å². The third kappa shape index (κ3) is 4.42. The lowest BCUT2D eigenvalue weighted by Crippen LogP contribution is -2.04. The van der Waals surface area contributed by atoms with Gasteiger partial charge in [-0.15, -0.1) is 0 Å². The number of nitrogens with one attached hydrogen (secondary N) is 1. The second kappa shape index (κ2) is 9.02. The number of rotatable bonds is 7. The van der Waals surface area contributed by atoms with Crippen LogP contribution < -0.4 is 24.3 Å². The molecule has 8 heteroatoms. The van der Waals surface area contributed by atoms with E-state index in [1.54, 1.807) is 25.3 Å². The molecule has 5 nitrogen and oxygen atoms in total. The maximum atomic E-state index is 14.0. The summed E-state index contributed by atoms with van der Waals surface area (Å²) >= 11 is 9.64. The van der Waals surface area contributed by atoms with E-state index in [4.69, 9.17) is 30.5 Å². The normalized spacial score (nSPS) is 12.0. The van der Waals surface area contributed by atoms with Crippen molar-refractivity contribution in [1.29, 1.82) is 0 Å². The molecule has 0 saturated carbocycles. The van der Waals surface area contributed by atoms with Gasteiger partial charge in [-0.05, 0) is 42.0 Å². The minimum atomic E-state index is -0.412.